The maximum atomic E-state index is 13.0. The Bertz CT molecular complexity index is 605. The highest BCUT2D eigenvalue weighted by Crippen LogP contribution is 2.24. The average Bonchev–Trinajstić information content (AvgIpc) is 2.93. The van der Waals surface area contributed by atoms with E-state index in [1.165, 1.54) is 83.5 Å². The third-order valence-corrected chi connectivity index (χ3v) is 7.95. The van der Waals surface area contributed by atoms with Crippen molar-refractivity contribution in [3.63, 3.8) is 0 Å². The van der Waals surface area contributed by atoms with Gasteiger partial charge in [0.1, 0.15) is 6.04 Å². The maximum Gasteiger partial charge on any atom is 0.242 e. The second-order valence-corrected chi connectivity index (χ2v) is 11.5. The summed E-state index contributed by atoms with van der Waals surface area (Å²) < 4.78 is 0. The van der Waals surface area contributed by atoms with Gasteiger partial charge in [-0.2, -0.15) is 0 Å². The lowest BCUT2D eigenvalue weighted by atomic mass is 9.88. The topological polar surface area (TPSA) is 87.3 Å². The second-order valence-electron chi connectivity index (χ2n) is 11.5. The van der Waals surface area contributed by atoms with Crippen molar-refractivity contribution in [2.24, 2.45) is 5.92 Å². The van der Waals surface area contributed by atoms with Gasteiger partial charge in [0, 0.05) is 25.4 Å². The largest absolute Gasteiger partial charge is 0.356 e. The lowest BCUT2D eigenvalue weighted by Gasteiger charge is -2.24. The molecule has 1 rings (SSSR count). The van der Waals surface area contributed by atoms with Crippen LogP contribution in [-0.4, -0.2) is 36.9 Å². The van der Waals surface area contributed by atoms with E-state index in [4.69, 9.17) is 0 Å². The Kier molecular flexibility index (Phi) is 22.2. The van der Waals surface area contributed by atoms with Crippen LogP contribution in [0.5, 0.6) is 0 Å². The van der Waals surface area contributed by atoms with Crippen molar-refractivity contribution in [3.05, 3.63) is 0 Å². The minimum Gasteiger partial charge on any atom is -0.356 e. The van der Waals surface area contributed by atoms with Gasteiger partial charge in [-0.25, -0.2) is 0 Å². The number of carbonyl (C=O) groups is 3. The predicted molar refractivity (Wildman–Crippen MR) is 159 cm³/mol. The normalized spacial score (nSPS) is 14.7. The molecule has 0 radical (unpaired) electrons. The molecule has 0 aromatic heterocycles. The van der Waals surface area contributed by atoms with Crippen LogP contribution >= 0.6 is 0 Å². The quantitative estimate of drug-likeness (QED) is 0.113. The Labute approximate surface area is 234 Å². The zero-order valence-electron chi connectivity index (χ0n) is 25.1. The molecule has 0 aromatic carbocycles. The van der Waals surface area contributed by atoms with Crippen molar-refractivity contribution in [1.29, 1.82) is 0 Å². The molecule has 3 amide bonds. The van der Waals surface area contributed by atoms with Crippen molar-refractivity contribution in [3.8, 4) is 0 Å². The lowest BCUT2D eigenvalue weighted by Crippen LogP contribution is -2.49. The number of unbranched alkanes of at least 4 members (excludes halogenated alkanes) is 14. The van der Waals surface area contributed by atoms with Crippen LogP contribution in [0, 0.1) is 5.92 Å². The van der Waals surface area contributed by atoms with Crippen LogP contribution in [-0.2, 0) is 14.4 Å². The number of carbonyl (C=O) groups excluding carboxylic acids is 3. The minimum atomic E-state index is -0.632. The summed E-state index contributed by atoms with van der Waals surface area (Å²) in [6.45, 7) is 5.80. The van der Waals surface area contributed by atoms with Gasteiger partial charge in [0.05, 0.1) is 0 Å². The second kappa shape index (κ2) is 24.5. The maximum absolute atomic E-state index is 13.0. The Morgan fingerprint density at radius 2 is 1.11 bits per heavy atom. The van der Waals surface area contributed by atoms with Crippen LogP contribution in [0.15, 0.2) is 0 Å². The van der Waals surface area contributed by atoms with Crippen molar-refractivity contribution >= 4 is 17.7 Å². The Morgan fingerprint density at radius 3 is 1.63 bits per heavy atom. The van der Waals surface area contributed by atoms with Gasteiger partial charge in [-0.1, -0.05) is 123 Å². The minimum absolute atomic E-state index is 0.00237. The van der Waals surface area contributed by atoms with Gasteiger partial charge in [-0.3, -0.25) is 14.4 Å². The molecule has 1 aliphatic carbocycles. The third-order valence-electron chi connectivity index (χ3n) is 7.95. The van der Waals surface area contributed by atoms with Gasteiger partial charge >= 0.3 is 0 Å². The van der Waals surface area contributed by atoms with E-state index in [1.807, 2.05) is 0 Å². The molecule has 1 saturated carbocycles. The highest BCUT2D eigenvalue weighted by Gasteiger charge is 2.27. The summed E-state index contributed by atoms with van der Waals surface area (Å²) in [4.78, 5) is 38.2. The smallest absolute Gasteiger partial charge is 0.242 e. The first-order chi connectivity index (χ1) is 18.6. The number of amides is 3. The van der Waals surface area contributed by atoms with E-state index in [1.54, 1.807) is 0 Å². The van der Waals surface area contributed by atoms with E-state index in [0.29, 0.717) is 19.5 Å². The van der Waals surface area contributed by atoms with Gasteiger partial charge in [-0.15, -0.1) is 0 Å². The molecule has 0 saturated heterocycles. The molecule has 1 aliphatic rings. The van der Waals surface area contributed by atoms with Gasteiger partial charge in [-0.05, 0) is 32.1 Å². The van der Waals surface area contributed by atoms with Crippen LogP contribution in [0.1, 0.15) is 162 Å². The molecule has 0 spiro atoms. The molecule has 6 heteroatoms. The highest BCUT2D eigenvalue weighted by atomic mass is 16.2. The van der Waals surface area contributed by atoms with Crippen LogP contribution in [0.2, 0.25) is 0 Å². The molecule has 3 N–H and O–H groups in total. The van der Waals surface area contributed by atoms with Crippen molar-refractivity contribution in [2.45, 2.75) is 168 Å². The lowest BCUT2D eigenvalue weighted by molar-refractivity contribution is -0.132. The summed E-state index contributed by atoms with van der Waals surface area (Å²) >= 11 is 0. The first kappa shape index (κ1) is 34.4. The molecular formula is C32H61N3O3. The fourth-order valence-electron chi connectivity index (χ4n) is 5.37. The summed E-state index contributed by atoms with van der Waals surface area (Å²) in [5, 5.41) is 9.03. The Morgan fingerprint density at radius 1 is 0.632 bits per heavy atom. The third kappa shape index (κ3) is 18.6. The van der Waals surface area contributed by atoms with Gasteiger partial charge in [0.15, 0.2) is 0 Å². The molecule has 222 valence electrons. The molecule has 0 aromatic rings. The van der Waals surface area contributed by atoms with Crippen molar-refractivity contribution < 1.29 is 14.4 Å². The van der Waals surface area contributed by atoms with E-state index in [-0.39, 0.29) is 30.1 Å². The standard InChI is InChI=1S/C32H61N3O3/c1-3-5-7-9-11-13-15-20-26-33-30(36)25-24-29(35-31(37)28-22-18-17-19-23-28)32(38)34-27-21-16-14-12-10-8-6-4-2/h28-29H,3-27H2,1-2H3,(H,33,36)(H,34,38)(H,35,37)/t29-/m0/s1. The fraction of sp³-hybridized carbons (Fsp3) is 0.906. The predicted octanol–water partition coefficient (Wildman–Crippen LogP) is 7.35. The molecule has 0 heterocycles. The first-order valence-corrected chi connectivity index (χ1v) is 16.4. The van der Waals surface area contributed by atoms with E-state index >= 15 is 0 Å². The number of hydrogen-bond acceptors (Lipinski definition) is 3. The zero-order valence-corrected chi connectivity index (χ0v) is 25.1. The first-order valence-electron chi connectivity index (χ1n) is 16.4. The SMILES string of the molecule is CCCCCCCCCCNC(=O)CC[C@H](NC(=O)C1CCCCC1)C(=O)NCCCCCCCCCC. The average molecular weight is 536 g/mol. The van der Waals surface area contributed by atoms with Crippen molar-refractivity contribution in [2.75, 3.05) is 13.1 Å². The van der Waals surface area contributed by atoms with Crippen molar-refractivity contribution in [1.82, 2.24) is 16.0 Å². The van der Waals surface area contributed by atoms with E-state index in [2.05, 4.69) is 29.8 Å². The van der Waals surface area contributed by atoms with Gasteiger partial charge in [0.25, 0.3) is 0 Å². The molecule has 0 aliphatic heterocycles. The van der Waals surface area contributed by atoms with Crippen LogP contribution in [0.25, 0.3) is 0 Å². The molecule has 0 unspecified atom stereocenters. The molecule has 0 bridgehead atoms. The summed E-state index contributed by atoms with van der Waals surface area (Å²) in [6.07, 6.45) is 25.4. The molecule has 1 fully saturated rings. The number of rotatable bonds is 24. The van der Waals surface area contributed by atoms with E-state index in [0.717, 1.165) is 51.4 Å². The Hall–Kier alpha value is -1.59. The van der Waals surface area contributed by atoms with Crippen LogP contribution in [0.4, 0.5) is 0 Å². The summed E-state index contributed by atoms with van der Waals surface area (Å²) in [5.74, 6) is -0.187. The molecule has 6 nitrogen and oxygen atoms in total. The molecule has 38 heavy (non-hydrogen) atoms. The van der Waals surface area contributed by atoms with E-state index in [9.17, 15) is 14.4 Å². The summed E-state index contributed by atoms with van der Waals surface area (Å²) in [6, 6.07) is -0.632. The summed E-state index contributed by atoms with van der Waals surface area (Å²) in [7, 11) is 0. The zero-order chi connectivity index (χ0) is 27.7. The van der Waals surface area contributed by atoms with Gasteiger partial charge in [0.2, 0.25) is 17.7 Å². The molecule has 1 atom stereocenters. The Balaban J connectivity index is 2.33. The number of hydrogen-bond donors (Lipinski definition) is 3. The monoisotopic (exact) mass is 535 g/mol. The van der Waals surface area contributed by atoms with Crippen LogP contribution in [0.3, 0.4) is 0 Å². The number of nitrogens with one attached hydrogen (secondary N) is 3. The van der Waals surface area contributed by atoms with Crippen LogP contribution < -0.4 is 16.0 Å². The fourth-order valence-corrected chi connectivity index (χ4v) is 5.37. The molecular weight excluding hydrogens is 474 g/mol. The van der Waals surface area contributed by atoms with Gasteiger partial charge < -0.3 is 16.0 Å². The van der Waals surface area contributed by atoms with E-state index < -0.39 is 6.04 Å². The summed E-state index contributed by atoms with van der Waals surface area (Å²) in [5.41, 5.74) is 0. The highest BCUT2D eigenvalue weighted by molar-refractivity contribution is 5.89.